The number of morpholine rings is 1. The number of hydrogen-bond donors (Lipinski definition) is 0. The molecule has 8 nitrogen and oxygen atoms in total. The molecule has 0 saturated carbocycles. The third kappa shape index (κ3) is 5.31. The number of benzene rings is 2. The molecule has 2 saturated heterocycles. The Hall–Kier alpha value is -3.47. The number of likely N-dealkylation sites (N-methyl/N-ethyl adjacent to an activating group) is 2. The number of halogens is 2. The van der Waals surface area contributed by atoms with Crippen molar-refractivity contribution in [3.63, 3.8) is 0 Å². The van der Waals surface area contributed by atoms with Crippen molar-refractivity contribution in [1.82, 2.24) is 29.6 Å². The van der Waals surface area contributed by atoms with E-state index in [1.807, 2.05) is 46.0 Å². The molecule has 4 heterocycles. The Morgan fingerprint density at radius 1 is 1.02 bits per heavy atom. The van der Waals surface area contributed by atoms with Crippen molar-refractivity contribution in [3.05, 3.63) is 71.2 Å². The van der Waals surface area contributed by atoms with Gasteiger partial charge in [0.15, 0.2) is 0 Å². The number of amides is 1. The molecule has 40 heavy (non-hydrogen) atoms. The molecule has 3 aromatic rings. The van der Waals surface area contributed by atoms with Gasteiger partial charge in [0, 0.05) is 82.6 Å². The van der Waals surface area contributed by atoms with Gasteiger partial charge in [-0.15, -0.1) is 0 Å². The molecule has 2 fully saturated rings. The van der Waals surface area contributed by atoms with E-state index in [0.717, 1.165) is 18.8 Å². The van der Waals surface area contributed by atoms with Crippen LogP contribution in [0.25, 0.3) is 22.2 Å². The summed E-state index contributed by atoms with van der Waals surface area (Å²) in [5, 5.41) is 0. The second kappa shape index (κ2) is 11.2. The van der Waals surface area contributed by atoms with Crippen LogP contribution in [0.5, 0.6) is 0 Å². The number of piperazine rings is 1. The average molecular weight is 549 g/mol. The lowest BCUT2D eigenvalue weighted by molar-refractivity contribution is -0.130. The fourth-order valence-electron chi connectivity index (χ4n) is 5.70. The van der Waals surface area contributed by atoms with Crippen molar-refractivity contribution >= 4 is 16.9 Å². The highest BCUT2D eigenvalue weighted by atomic mass is 19.1. The van der Waals surface area contributed by atoms with E-state index < -0.39 is 11.6 Å². The smallest absolute Gasteiger partial charge is 0.269 e. The summed E-state index contributed by atoms with van der Waals surface area (Å²) >= 11 is 0. The predicted molar refractivity (Wildman–Crippen MR) is 149 cm³/mol. The van der Waals surface area contributed by atoms with Crippen LogP contribution in [0.4, 0.5) is 8.78 Å². The Bertz CT molecular complexity index is 1430. The van der Waals surface area contributed by atoms with E-state index in [9.17, 15) is 4.79 Å². The van der Waals surface area contributed by atoms with E-state index >= 15 is 8.78 Å². The highest BCUT2D eigenvalue weighted by molar-refractivity contribution is 5.94. The van der Waals surface area contributed by atoms with E-state index in [1.165, 1.54) is 12.1 Å². The van der Waals surface area contributed by atoms with Gasteiger partial charge in [-0.25, -0.2) is 13.8 Å². The first-order chi connectivity index (χ1) is 19.4. The van der Waals surface area contributed by atoms with Crippen molar-refractivity contribution in [2.24, 2.45) is 0 Å². The van der Waals surface area contributed by atoms with Gasteiger partial charge in [0.05, 0.1) is 35.6 Å². The summed E-state index contributed by atoms with van der Waals surface area (Å²) in [4.78, 5) is 30.9. The largest absolute Gasteiger partial charge is 0.379 e. The summed E-state index contributed by atoms with van der Waals surface area (Å²) in [6, 6.07) is 8.25. The molecule has 3 aliphatic heterocycles. The minimum absolute atomic E-state index is 0.0376. The molecule has 6 rings (SSSR count). The van der Waals surface area contributed by atoms with Gasteiger partial charge in [-0.1, -0.05) is 12.1 Å². The van der Waals surface area contributed by atoms with E-state index in [1.54, 1.807) is 6.20 Å². The molecule has 2 aromatic carbocycles. The molecule has 1 atom stereocenters. The minimum Gasteiger partial charge on any atom is -0.379 e. The summed E-state index contributed by atoms with van der Waals surface area (Å²) in [5.41, 5.74) is 3.71. The summed E-state index contributed by atoms with van der Waals surface area (Å²) in [5.74, 6) is -1.23. The first kappa shape index (κ1) is 26.7. The molecule has 0 N–H and O–H groups in total. The van der Waals surface area contributed by atoms with Gasteiger partial charge in [0.1, 0.15) is 11.6 Å². The van der Waals surface area contributed by atoms with Gasteiger partial charge in [-0.05, 0) is 36.9 Å². The lowest BCUT2D eigenvalue weighted by atomic mass is 10.00. The number of hydrogen-bond acceptors (Lipinski definition) is 7. The van der Waals surface area contributed by atoms with Crippen LogP contribution >= 0.6 is 0 Å². The molecule has 10 heteroatoms. The maximum atomic E-state index is 15.2. The van der Waals surface area contributed by atoms with Crippen molar-refractivity contribution in [2.75, 3.05) is 73.1 Å². The number of para-hydroxylation sites is 1. The molecule has 210 valence electrons. The van der Waals surface area contributed by atoms with Gasteiger partial charge in [0.2, 0.25) is 0 Å². The summed E-state index contributed by atoms with van der Waals surface area (Å²) in [6.45, 7) is 6.39. The van der Waals surface area contributed by atoms with Gasteiger partial charge in [0.25, 0.3) is 5.91 Å². The Balaban J connectivity index is 1.29. The SMILES string of the molecule is CN1CCN(C(=O)C2=CC(c3cnc4cccc(-c5cc(F)c(CN6CCOCC6)c(F)c5)c4n3)CN2C)CC1. The first-order valence-electron chi connectivity index (χ1n) is 13.8. The van der Waals surface area contributed by atoms with Crippen LogP contribution in [0.15, 0.2) is 48.3 Å². The maximum absolute atomic E-state index is 15.2. The monoisotopic (exact) mass is 548 g/mol. The molecule has 1 amide bonds. The number of nitrogens with zero attached hydrogens (tertiary/aromatic N) is 6. The number of rotatable bonds is 5. The fourth-order valence-corrected chi connectivity index (χ4v) is 5.70. The summed E-state index contributed by atoms with van der Waals surface area (Å²) in [6.07, 6.45) is 3.70. The van der Waals surface area contributed by atoms with Gasteiger partial charge in [-0.2, -0.15) is 0 Å². The fraction of sp³-hybridized carbons (Fsp3) is 0.433. The first-order valence-corrected chi connectivity index (χ1v) is 13.8. The van der Waals surface area contributed by atoms with Gasteiger partial charge in [-0.3, -0.25) is 14.7 Å². The van der Waals surface area contributed by atoms with E-state index in [4.69, 9.17) is 9.72 Å². The minimum atomic E-state index is -0.574. The highest BCUT2D eigenvalue weighted by Gasteiger charge is 2.31. The zero-order chi connectivity index (χ0) is 27.8. The number of ether oxygens (including phenoxy) is 1. The number of aromatic nitrogens is 2. The van der Waals surface area contributed by atoms with Crippen molar-refractivity contribution in [2.45, 2.75) is 12.5 Å². The third-order valence-electron chi connectivity index (χ3n) is 8.16. The van der Waals surface area contributed by atoms with Crippen LogP contribution in [-0.4, -0.2) is 109 Å². The molecule has 0 spiro atoms. The Labute approximate surface area is 232 Å². The molecule has 0 radical (unpaired) electrons. The summed E-state index contributed by atoms with van der Waals surface area (Å²) in [7, 11) is 3.98. The normalized spacial score (nSPS) is 20.8. The third-order valence-corrected chi connectivity index (χ3v) is 8.16. The van der Waals surface area contributed by atoms with Crippen LogP contribution < -0.4 is 0 Å². The second-order valence-electron chi connectivity index (χ2n) is 10.9. The maximum Gasteiger partial charge on any atom is 0.269 e. The van der Waals surface area contributed by atoms with Crippen molar-refractivity contribution < 1.29 is 18.3 Å². The lowest BCUT2D eigenvalue weighted by Crippen LogP contribution is -2.48. The van der Waals surface area contributed by atoms with Crippen molar-refractivity contribution in [1.29, 1.82) is 0 Å². The van der Waals surface area contributed by atoms with E-state index in [0.29, 0.717) is 73.8 Å². The van der Waals surface area contributed by atoms with E-state index in [2.05, 4.69) is 16.9 Å². The topological polar surface area (TPSA) is 65.0 Å². The lowest BCUT2D eigenvalue weighted by Gasteiger charge is -2.33. The van der Waals surface area contributed by atoms with Crippen LogP contribution in [0.2, 0.25) is 0 Å². The Kier molecular flexibility index (Phi) is 7.48. The van der Waals surface area contributed by atoms with E-state index in [-0.39, 0.29) is 23.9 Å². The van der Waals surface area contributed by atoms with Gasteiger partial charge < -0.3 is 19.4 Å². The molecule has 1 aromatic heterocycles. The number of carbonyl (C=O) groups excluding carboxylic acids is 1. The van der Waals surface area contributed by atoms with Crippen LogP contribution in [0, 0.1) is 11.6 Å². The number of carbonyl (C=O) groups is 1. The van der Waals surface area contributed by atoms with Crippen LogP contribution in [0.1, 0.15) is 17.2 Å². The average Bonchev–Trinajstić information content (AvgIpc) is 3.36. The molecule has 0 bridgehead atoms. The van der Waals surface area contributed by atoms with Crippen LogP contribution in [0.3, 0.4) is 0 Å². The zero-order valence-electron chi connectivity index (χ0n) is 22.9. The standard InChI is InChI=1S/C30H34F2N6O2/c1-35-6-8-38(9-7-35)30(39)28-16-21(18-36(28)2)27-17-33-26-5-3-4-22(29(26)34-27)20-14-24(31)23(25(32)15-20)19-37-10-12-40-13-11-37/h3-5,14-17,21H,6-13,18-19H2,1-2H3. The van der Waals surface area contributed by atoms with Gasteiger partial charge >= 0.3 is 0 Å². The molecule has 0 aliphatic carbocycles. The Morgan fingerprint density at radius 3 is 2.48 bits per heavy atom. The molecule has 3 aliphatic rings. The van der Waals surface area contributed by atoms with Crippen molar-refractivity contribution in [3.8, 4) is 11.1 Å². The zero-order valence-corrected chi connectivity index (χ0v) is 22.9. The molecular weight excluding hydrogens is 514 g/mol. The highest BCUT2D eigenvalue weighted by Crippen LogP contribution is 2.33. The second-order valence-corrected chi connectivity index (χ2v) is 10.9. The van der Waals surface area contributed by atoms with Crippen LogP contribution in [-0.2, 0) is 16.1 Å². The number of fused-ring (bicyclic) bond motifs is 1. The Morgan fingerprint density at radius 2 is 1.75 bits per heavy atom. The summed E-state index contributed by atoms with van der Waals surface area (Å²) < 4.78 is 35.8. The predicted octanol–water partition coefficient (Wildman–Crippen LogP) is 3.09. The quantitative estimate of drug-likeness (QED) is 0.486. The molecule has 1 unspecified atom stereocenters. The molecular formula is C30H34F2N6O2.